The Morgan fingerprint density at radius 2 is 1.81 bits per heavy atom. The summed E-state index contributed by atoms with van der Waals surface area (Å²) in [7, 11) is 0. The minimum absolute atomic E-state index is 0.0110. The third-order valence-electron chi connectivity index (χ3n) is 7.64. The smallest absolute Gasteiger partial charge is 0.410 e. The number of ether oxygens (including phenoxy) is 2. The van der Waals surface area contributed by atoms with Crippen LogP contribution in [0.15, 0.2) is 36.7 Å². The average molecular weight is 514 g/mol. The van der Waals surface area contributed by atoms with E-state index in [1.54, 1.807) is 18.5 Å². The number of halogens is 1. The number of carbonyl (C=O) groups is 1. The summed E-state index contributed by atoms with van der Waals surface area (Å²) in [4.78, 5) is 24.9. The number of nitrogens with two attached hydrogens (primary N) is 1. The van der Waals surface area contributed by atoms with Crippen molar-refractivity contribution in [2.45, 2.75) is 64.5 Å². The largest absolute Gasteiger partial charge is 0.490 e. The highest BCUT2D eigenvalue weighted by Gasteiger charge is 2.31. The number of nitrogens with zero attached hydrogens (tertiary/aromatic N) is 4. The molecule has 0 bridgehead atoms. The first kappa shape index (κ1) is 27.1. The van der Waals surface area contributed by atoms with Crippen LogP contribution in [0.2, 0.25) is 0 Å². The van der Waals surface area contributed by atoms with E-state index in [9.17, 15) is 9.18 Å². The maximum absolute atomic E-state index is 14.2. The molecular weight excluding hydrogens is 473 g/mol. The van der Waals surface area contributed by atoms with E-state index in [4.69, 9.17) is 15.2 Å². The fraction of sp³-hybridized carbons (Fsp3) is 0.607. The second-order valence-corrected chi connectivity index (χ2v) is 10.6. The molecule has 2 N–H and O–H groups in total. The zero-order valence-electron chi connectivity index (χ0n) is 22.2. The lowest BCUT2D eigenvalue weighted by Crippen LogP contribution is -2.48. The number of anilines is 1. The predicted molar refractivity (Wildman–Crippen MR) is 141 cm³/mol. The van der Waals surface area contributed by atoms with Crippen LogP contribution in [-0.2, 0) is 4.74 Å². The molecule has 1 aromatic carbocycles. The van der Waals surface area contributed by atoms with E-state index in [1.807, 2.05) is 30.9 Å². The van der Waals surface area contributed by atoms with Gasteiger partial charge in [0.25, 0.3) is 0 Å². The van der Waals surface area contributed by atoms with Crippen molar-refractivity contribution in [1.82, 2.24) is 14.9 Å². The number of amides is 1. The first-order valence-electron chi connectivity index (χ1n) is 13.5. The van der Waals surface area contributed by atoms with Gasteiger partial charge in [0.1, 0.15) is 5.82 Å². The highest BCUT2D eigenvalue weighted by molar-refractivity contribution is 5.67. The van der Waals surface area contributed by atoms with Crippen molar-refractivity contribution in [1.29, 1.82) is 0 Å². The summed E-state index contributed by atoms with van der Waals surface area (Å²) in [6.07, 6.45) is 6.78. The highest BCUT2D eigenvalue weighted by atomic mass is 19.1. The van der Waals surface area contributed by atoms with Crippen molar-refractivity contribution < 1.29 is 18.7 Å². The summed E-state index contributed by atoms with van der Waals surface area (Å²) < 4.78 is 25.5. The zero-order chi connectivity index (χ0) is 26.4. The minimum atomic E-state index is -0.204. The molecule has 1 amide bonds. The normalized spacial score (nSPS) is 21.7. The number of rotatable bonds is 8. The molecule has 0 unspecified atom stereocenters. The van der Waals surface area contributed by atoms with Crippen LogP contribution in [0.25, 0.3) is 0 Å². The van der Waals surface area contributed by atoms with Gasteiger partial charge in [-0.1, -0.05) is 25.1 Å². The Bertz CT molecular complexity index is 1010. The van der Waals surface area contributed by atoms with E-state index in [2.05, 4.69) is 21.8 Å². The molecule has 2 saturated heterocycles. The first-order chi connectivity index (χ1) is 17.8. The molecule has 2 aliphatic rings. The summed E-state index contributed by atoms with van der Waals surface area (Å²) in [5, 5.41) is 0. The molecule has 3 heterocycles. The molecule has 37 heavy (non-hydrogen) atoms. The zero-order valence-corrected chi connectivity index (χ0v) is 22.2. The molecule has 202 valence electrons. The molecule has 2 aromatic rings. The van der Waals surface area contributed by atoms with Crippen molar-refractivity contribution >= 4 is 12.0 Å². The van der Waals surface area contributed by atoms with Gasteiger partial charge in [-0.3, -0.25) is 0 Å². The monoisotopic (exact) mass is 513 g/mol. The van der Waals surface area contributed by atoms with Crippen LogP contribution in [0, 0.1) is 17.7 Å². The Morgan fingerprint density at radius 3 is 2.46 bits per heavy atom. The van der Waals surface area contributed by atoms with E-state index >= 15 is 0 Å². The number of carbonyl (C=O) groups excluding carboxylic acids is 1. The number of piperidine rings is 2. The summed E-state index contributed by atoms with van der Waals surface area (Å²) in [6, 6.07) is 6.68. The van der Waals surface area contributed by atoms with Crippen LogP contribution in [0.4, 0.5) is 15.1 Å². The SMILES string of the molecule is CC(C)OC(=O)N1CCC([C@H](C)CCOc2cnc(N3CC[C@H](c4ccccc4F)[C@@H](N)C3)nc2)CC1. The first-order valence-corrected chi connectivity index (χ1v) is 13.5. The number of hydrogen-bond acceptors (Lipinski definition) is 7. The summed E-state index contributed by atoms with van der Waals surface area (Å²) in [6.45, 7) is 9.39. The van der Waals surface area contributed by atoms with Crippen molar-refractivity contribution in [3.63, 3.8) is 0 Å². The van der Waals surface area contributed by atoms with Gasteiger partial charge in [-0.25, -0.2) is 19.2 Å². The molecule has 2 fully saturated rings. The third kappa shape index (κ3) is 7.09. The lowest BCUT2D eigenvalue weighted by Gasteiger charge is -2.37. The fourth-order valence-electron chi connectivity index (χ4n) is 5.40. The fourth-order valence-corrected chi connectivity index (χ4v) is 5.40. The van der Waals surface area contributed by atoms with E-state index < -0.39 is 0 Å². The maximum atomic E-state index is 14.2. The quantitative estimate of drug-likeness (QED) is 0.551. The standard InChI is InChI=1S/C28H40FN5O3/c1-19(2)37-28(35)33-12-8-21(9-13-33)20(3)11-15-36-22-16-31-27(32-17-22)34-14-10-24(26(30)18-34)23-6-4-5-7-25(23)29/h4-7,16-17,19-21,24,26H,8-15,18,30H2,1-3H3/t20-,24-,26+/m1/s1. The number of aromatic nitrogens is 2. The molecule has 2 aliphatic heterocycles. The van der Waals surface area contributed by atoms with Crippen molar-refractivity contribution in [2.24, 2.45) is 17.6 Å². The Hall–Kier alpha value is -2.94. The Balaban J connectivity index is 1.19. The van der Waals surface area contributed by atoms with Crippen molar-refractivity contribution in [3.05, 3.63) is 48.0 Å². The second-order valence-electron chi connectivity index (χ2n) is 10.6. The van der Waals surface area contributed by atoms with Crippen molar-refractivity contribution in [2.75, 3.05) is 37.7 Å². The molecule has 9 heteroatoms. The highest BCUT2D eigenvalue weighted by Crippen LogP contribution is 2.31. The number of likely N-dealkylation sites (tertiary alicyclic amines) is 1. The van der Waals surface area contributed by atoms with Gasteiger partial charge in [0.15, 0.2) is 5.75 Å². The molecule has 4 rings (SSSR count). The molecule has 0 spiro atoms. The van der Waals surface area contributed by atoms with Gasteiger partial charge in [0.2, 0.25) is 5.95 Å². The van der Waals surface area contributed by atoms with Gasteiger partial charge in [0, 0.05) is 38.1 Å². The Kier molecular flexibility index (Phi) is 9.18. The molecule has 1 aromatic heterocycles. The van der Waals surface area contributed by atoms with Crippen LogP contribution in [0.3, 0.4) is 0 Å². The topological polar surface area (TPSA) is 93.8 Å². The summed E-state index contributed by atoms with van der Waals surface area (Å²) in [5.74, 6) is 2.13. The lowest BCUT2D eigenvalue weighted by molar-refractivity contribution is 0.0597. The van der Waals surface area contributed by atoms with E-state index in [0.717, 1.165) is 45.3 Å². The maximum Gasteiger partial charge on any atom is 0.410 e. The van der Waals surface area contributed by atoms with Gasteiger partial charge in [-0.15, -0.1) is 0 Å². The third-order valence-corrected chi connectivity index (χ3v) is 7.64. The average Bonchev–Trinajstić information content (AvgIpc) is 2.89. The molecule has 8 nitrogen and oxygen atoms in total. The lowest BCUT2D eigenvalue weighted by atomic mass is 9.84. The van der Waals surface area contributed by atoms with Crippen LogP contribution < -0.4 is 15.4 Å². The van der Waals surface area contributed by atoms with Crippen LogP contribution in [0.1, 0.15) is 57.9 Å². The second kappa shape index (κ2) is 12.5. The molecular formula is C28H40FN5O3. The van der Waals surface area contributed by atoms with E-state index in [-0.39, 0.29) is 30.0 Å². The minimum Gasteiger partial charge on any atom is -0.490 e. The summed E-state index contributed by atoms with van der Waals surface area (Å²) in [5.41, 5.74) is 7.11. The Labute approximate surface area is 219 Å². The van der Waals surface area contributed by atoms with Crippen molar-refractivity contribution in [3.8, 4) is 5.75 Å². The predicted octanol–water partition coefficient (Wildman–Crippen LogP) is 4.60. The van der Waals surface area contributed by atoms with Crippen LogP contribution in [-0.4, -0.2) is 65.9 Å². The van der Waals surface area contributed by atoms with E-state index in [1.165, 1.54) is 6.07 Å². The molecule has 0 saturated carbocycles. The van der Waals surface area contributed by atoms with Crippen LogP contribution >= 0.6 is 0 Å². The molecule has 3 atom stereocenters. The number of benzene rings is 1. The number of hydrogen-bond donors (Lipinski definition) is 1. The van der Waals surface area contributed by atoms with Gasteiger partial charge in [0.05, 0.1) is 25.1 Å². The van der Waals surface area contributed by atoms with Crippen LogP contribution in [0.5, 0.6) is 5.75 Å². The Morgan fingerprint density at radius 1 is 1.11 bits per heavy atom. The van der Waals surface area contributed by atoms with Gasteiger partial charge < -0.3 is 25.0 Å². The van der Waals surface area contributed by atoms with E-state index in [0.29, 0.717) is 42.2 Å². The van der Waals surface area contributed by atoms with Gasteiger partial charge in [-0.05, 0) is 63.0 Å². The summed E-state index contributed by atoms with van der Waals surface area (Å²) >= 11 is 0. The van der Waals surface area contributed by atoms with Gasteiger partial charge in [-0.2, -0.15) is 0 Å². The van der Waals surface area contributed by atoms with Gasteiger partial charge >= 0.3 is 6.09 Å². The molecule has 0 aliphatic carbocycles. The molecule has 0 radical (unpaired) electrons.